The molecule has 144 valence electrons. The fraction of sp³-hybridized carbons (Fsp3) is 0.421. The Kier molecular flexibility index (Phi) is 7.29. The maximum Gasteiger partial charge on any atom is 0.253 e. The van der Waals surface area contributed by atoms with Crippen LogP contribution in [0.15, 0.2) is 36.7 Å². The summed E-state index contributed by atoms with van der Waals surface area (Å²) in [5.41, 5.74) is 1.28. The minimum Gasteiger partial charge on any atom is -0.475 e. The molecule has 0 unspecified atom stereocenters. The molecule has 1 saturated heterocycles. The van der Waals surface area contributed by atoms with E-state index in [0.717, 1.165) is 23.5 Å². The van der Waals surface area contributed by atoms with Gasteiger partial charge in [-0.1, -0.05) is 6.07 Å². The molecule has 7 nitrogen and oxygen atoms in total. The molecular formula is C19H23N3O4S. The first kappa shape index (κ1) is 19.4. The summed E-state index contributed by atoms with van der Waals surface area (Å²) in [7, 11) is 1.61. The highest BCUT2D eigenvalue weighted by Gasteiger charge is 2.17. The predicted molar refractivity (Wildman–Crippen MR) is 103 cm³/mol. The number of ether oxygens (including phenoxy) is 3. The van der Waals surface area contributed by atoms with Gasteiger partial charge in [-0.25, -0.2) is 9.97 Å². The van der Waals surface area contributed by atoms with Crippen molar-refractivity contribution in [3.05, 3.63) is 47.8 Å². The molecule has 1 atom stereocenters. The fourth-order valence-electron chi connectivity index (χ4n) is 2.55. The predicted octanol–water partition coefficient (Wildman–Crippen LogP) is 2.32. The van der Waals surface area contributed by atoms with Crippen LogP contribution in [0, 0.1) is 0 Å². The van der Waals surface area contributed by atoms with E-state index in [2.05, 4.69) is 15.3 Å². The van der Waals surface area contributed by atoms with Crippen molar-refractivity contribution in [2.45, 2.75) is 19.1 Å². The van der Waals surface area contributed by atoms with Crippen LogP contribution in [0.1, 0.15) is 22.3 Å². The first-order chi connectivity index (χ1) is 13.3. The summed E-state index contributed by atoms with van der Waals surface area (Å²) in [5.74, 6) is 2.95. The van der Waals surface area contributed by atoms with E-state index in [1.54, 1.807) is 31.5 Å². The molecule has 0 aromatic carbocycles. The number of hydrogen-bond acceptors (Lipinski definition) is 7. The molecule has 0 aliphatic carbocycles. The van der Waals surface area contributed by atoms with E-state index in [1.165, 1.54) is 6.20 Å². The molecule has 0 saturated carbocycles. The number of nitrogens with one attached hydrogen (secondary N) is 1. The SMILES string of the molecule is COCCOc1ncccc1CNC(=O)c1ccc(O[C@@H]2CCSC2)nc1. The monoisotopic (exact) mass is 389 g/mol. The molecular weight excluding hydrogens is 366 g/mol. The van der Waals surface area contributed by atoms with E-state index in [4.69, 9.17) is 14.2 Å². The minimum atomic E-state index is -0.211. The number of hydrogen-bond donors (Lipinski definition) is 1. The lowest BCUT2D eigenvalue weighted by Gasteiger charge is -2.12. The first-order valence-electron chi connectivity index (χ1n) is 8.80. The van der Waals surface area contributed by atoms with Crippen LogP contribution < -0.4 is 14.8 Å². The molecule has 2 aromatic heterocycles. The first-order valence-corrected chi connectivity index (χ1v) is 9.96. The maximum atomic E-state index is 12.4. The number of nitrogens with zero attached hydrogens (tertiary/aromatic N) is 2. The van der Waals surface area contributed by atoms with Crippen molar-refractivity contribution in [1.29, 1.82) is 0 Å². The van der Waals surface area contributed by atoms with Gasteiger partial charge in [-0.15, -0.1) is 0 Å². The average molecular weight is 389 g/mol. The summed E-state index contributed by atoms with van der Waals surface area (Å²) in [5, 5.41) is 2.86. The van der Waals surface area contributed by atoms with Crippen LogP contribution in [0.2, 0.25) is 0 Å². The van der Waals surface area contributed by atoms with E-state index in [0.29, 0.717) is 37.1 Å². The van der Waals surface area contributed by atoms with E-state index in [-0.39, 0.29) is 12.0 Å². The fourth-order valence-corrected chi connectivity index (χ4v) is 3.64. The highest BCUT2D eigenvalue weighted by atomic mass is 32.2. The lowest BCUT2D eigenvalue weighted by atomic mass is 10.2. The second-order valence-electron chi connectivity index (χ2n) is 5.98. The van der Waals surface area contributed by atoms with Gasteiger partial charge < -0.3 is 19.5 Å². The van der Waals surface area contributed by atoms with Crippen LogP contribution in [-0.4, -0.2) is 53.8 Å². The summed E-state index contributed by atoms with van der Waals surface area (Å²) in [4.78, 5) is 20.8. The van der Waals surface area contributed by atoms with Crippen molar-refractivity contribution in [2.75, 3.05) is 31.8 Å². The van der Waals surface area contributed by atoms with E-state index >= 15 is 0 Å². The van der Waals surface area contributed by atoms with Gasteiger partial charge in [0, 0.05) is 43.4 Å². The zero-order chi connectivity index (χ0) is 18.9. The van der Waals surface area contributed by atoms with Crippen molar-refractivity contribution in [3.8, 4) is 11.8 Å². The van der Waals surface area contributed by atoms with Crippen LogP contribution >= 0.6 is 11.8 Å². The maximum absolute atomic E-state index is 12.4. The third-order valence-corrected chi connectivity index (χ3v) is 5.12. The van der Waals surface area contributed by atoms with Crippen LogP contribution in [0.3, 0.4) is 0 Å². The molecule has 0 bridgehead atoms. The van der Waals surface area contributed by atoms with Gasteiger partial charge in [0.15, 0.2) is 0 Å². The van der Waals surface area contributed by atoms with Crippen LogP contribution in [-0.2, 0) is 11.3 Å². The quantitative estimate of drug-likeness (QED) is 0.659. The second-order valence-corrected chi connectivity index (χ2v) is 7.13. The van der Waals surface area contributed by atoms with Gasteiger partial charge in [-0.2, -0.15) is 11.8 Å². The number of methoxy groups -OCH3 is 1. The molecule has 1 fully saturated rings. The lowest BCUT2D eigenvalue weighted by molar-refractivity contribution is 0.0949. The number of aromatic nitrogens is 2. The van der Waals surface area contributed by atoms with E-state index < -0.39 is 0 Å². The Morgan fingerprint density at radius 3 is 2.96 bits per heavy atom. The smallest absolute Gasteiger partial charge is 0.253 e. The molecule has 8 heteroatoms. The topological polar surface area (TPSA) is 82.6 Å². The van der Waals surface area contributed by atoms with Crippen molar-refractivity contribution >= 4 is 17.7 Å². The van der Waals surface area contributed by atoms with Crippen molar-refractivity contribution in [3.63, 3.8) is 0 Å². The lowest BCUT2D eigenvalue weighted by Crippen LogP contribution is -2.23. The normalized spacial score (nSPS) is 16.1. The molecule has 27 heavy (non-hydrogen) atoms. The van der Waals surface area contributed by atoms with Gasteiger partial charge in [-0.05, 0) is 24.3 Å². The summed E-state index contributed by atoms with van der Waals surface area (Å²) in [6.07, 6.45) is 4.43. The van der Waals surface area contributed by atoms with Crippen molar-refractivity contribution in [1.82, 2.24) is 15.3 Å². The number of thioether (sulfide) groups is 1. The second kappa shape index (κ2) is 10.1. The molecule has 1 aliphatic heterocycles. The van der Waals surface area contributed by atoms with Gasteiger partial charge in [0.2, 0.25) is 11.8 Å². The molecule has 2 aromatic rings. The summed E-state index contributed by atoms with van der Waals surface area (Å²) < 4.78 is 16.3. The standard InChI is InChI=1S/C19H23N3O4S/c1-24-8-9-25-19-15(3-2-7-20-19)12-22-18(23)14-4-5-17(21-11-14)26-16-6-10-27-13-16/h2-5,7,11,16H,6,8-10,12-13H2,1H3,(H,22,23)/t16-/m1/s1. The van der Waals surface area contributed by atoms with Gasteiger partial charge in [0.25, 0.3) is 5.91 Å². The van der Waals surface area contributed by atoms with E-state index in [9.17, 15) is 4.79 Å². The van der Waals surface area contributed by atoms with Gasteiger partial charge in [0.1, 0.15) is 12.7 Å². The Labute approximate surface area is 162 Å². The average Bonchev–Trinajstić information content (AvgIpc) is 3.21. The third kappa shape index (κ3) is 5.83. The van der Waals surface area contributed by atoms with E-state index in [1.807, 2.05) is 17.8 Å². The zero-order valence-corrected chi connectivity index (χ0v) is 16.0. The Morgan fingerprint density at radius 1 is 1.30 bits per heavy atom. The summed E-state index contributed by atoms with van der Waals surface area (Å²) in [6, 6.07) is 7.13. The zero-order valence-electron chi connectivity index (χ0n) is 15.2. The molecule has 1 aliphatic rings. The summed E-state index contributed by atoms with van der Waals surface area (Å²) >= 11 is 1.88. The minimum absolute atomic E-state index is 0.211. The Hall–Kier alpha value is -2.32. The van der Waals surface area contributed by atoms with Crippen molar-refractivity contribution < 1.29 is 19.0 Å². The largest absolute Gasteiger partial charge is 0.475 e. The molecule has 0 spiro atoms. The molecule has 0 radical (unpaired) electrons. The third-order valence-electron chi connectivity index (χ3n) is 3.99. The Bertz CT molecular complexity index is 736. The number of amides is 1. The molecule has 3 rings (SSSR count). The van der Waals surface area contributed by atoms with Crippen LogP contribution in [0.5, 0.6) is 11.8 Å². The number of rotatable bonds is 9. The number of pyridine rings is 2. The van der Waals surface area contributed by atoms with Crippen LogP contribution in [0.4, 0.5) is 0 Å². The molecule has 3 heterocycles. The Morgan fingerprint density at radius 2 is 2.22 bits per heavy atom. The van der Waals surface area contributed by atoms with Crippen molar-refractivity contribution in [2.24, 2.45) is 0 Å². The molecule has 1 N–H and O–H groups in total. The van der Waals surface area contributed by atoms with Crippen LogP contribution in [0.25, 0.3) is 0 Å². The Balaban J connectivity index is 1.53. The van der Waals surface area contributed by atoms with Gasteiger partial charge in [0.05, 0.1) is 12.2 Å². The highest BCUT2D eigenvalue weighted by Crippen LogP contribution is 2.22. The molecule has 1 amide bonds. The van der Waals surface area contributed by atoms with Gasteiger partial charge in [-0.3, -0.25) is 4.79 Å². The number of carbonyl (C=O) groups is 1. The number of carbonyl (C=O) groups excluding carboxylic acids is 1. The highest BCUT2D eigenvalue weighted by molar-refractivity contribution is 7.99. The summed E-state index contributed by atoms with van der Waals surface area (Å²) in [6.45, 7) is 1.19. The van der Waals surface area contributed by atoms with Gasteiger partial charge >= 0.3 is 0 Å².